The largest absolute Gasteiger partial charge is 0.345 e. The summed E-state index contributed by atoms with van der Waals surface area (Å²) in [6, 6.07) is 5.76. The van der Waals surface area contributed by atoms with Crippen LogP contribution in [0.25, 0.3) is 11.0 Å². The molecule has 0 unspecified atom stereocenters. The van der Waals surface area contributed by atoms with Gasteiger partial charge in [-0.25, -0.2) is 4.98 Å². The zero-order valence-electron chi connectivity index (χ0n) is 14.5. The van der Waals surface area contributed by atoms with Crippen molar-refractivity contribution in [3.63, 3.8) is 0 Å². The summed E-state index contributed by atoms with van der Waals surface area (Å²) in [5.41, 5.74) is 4.31. The Bertz CT molecular complexity index is 1160. The molecule has 1 aliphatic carbocycles. The van der Waals surface area contributed by atoms with Crippen LogP contribution in [0.2, 0.25) is 5.02 Å². The lowest BCUT2D eigenvalue weighted by atomic mass is 10.1. The minimum Gasteiger partial charge on any atom is -0.345 e. The first-order valence-electron chi connectivity index (χ1n) is 8.69. The number of anilines is 2. The Balaban J connectivity index is 1.57. The second-order valence-corrected chi connectivity index (χ2v) is 7.43. The van der Waals surface area contributed by atoms with E-state index in [1.807, 2.05) is 6.07 Å². The normalized spacial score (nSPS) is 15.9. The Morgan fingerprint density at radius 2 is 2.19 bits per heavy atom. The average molecular weight is 379 g/mol. The van der Waals surface area contributed by atoms with E-state index < -0.39 is 0 Å². The summed E-state index contributed by atoms with van der Waals surface area (Å²) in [7, 11) is 1.76. The summed E-state index contributed by atoms with van der Waals surface area (Å²) in [6.45, 7) is 0.551. The van der Waals surface area contributed by atoms with E-state index in [9.17, 15) is 10.1 Å². The number of fused-ring (bicyclic) bond motifs is 2. The Kier molecular flexibility index (Phi) is 3.39. The van der Waals surface area contributed by atoms with E-state index in [4.69, 9.17) is 11.6 Å². The van der Waals surface area contributed by atoms with Gasteiger partial charge in [-0.15, -0.1) is 0 Å². The van der Waals surface area contributed by atoms with Gasteiger partial charge >= 0.3 is 0 Å². The summed E-state index contributed by atoms with van der Waals surface area (Å²) < 4.78 is 0. The van der Waals surface area contributed by atoms with Gasteiger partial charge < -0.3 is 15.2 Å². The third-order valence-electron chi connectivity index (χ3n) is 5.07. The van der Waals surface area contributed by atoms with Crippen LogP contribution < -0.4 is 5.32 Å². The van der Waals surface area contributed by atoms with Crippen LogP contribution in [0.5, 0.6) is 0 Å². The molecule has 2 aliphatic rings. The first kappa shape index (κ1) is 16.1. The molecule has 27 heavy (non-hydrogen) atoms. The molecule has 2 aromatic heterocycles. The molecule has 0 saturated heterocycles. The number of benzene rings is 1. The van der Waals surface area contributed by atoms with Crippen molar-refractivity contribution in [2.24, 2.45) is 0 Å². The number of carbonyl (C=O) groups excluding carboxylic acids is 1. The number of hydrogen-bond donors (Lipinski definition) is 2. The highest BCUT2D eigenvalue weighted by atomic mass is 35.5. The third kappa shape index (κ3) is 2.53. The van der Waals surface area contributed by atoms with Crippen LogP contribution in [0, 0.1) is 11.3 Å². The summed E-state index contributed by atoms with van der Waals surface area (Å²) in [5, 5.41) is 13.8. The fourth-order valence-electron chi connectivity index (χ4n) is 3.55. The van der Waals surface area contributed by atoms with Crippen molar-refractivity contribution in [3.05, 3.63) is 45.7 Å². The second-order valence-electron chi connectivity index (χ2n) is 7.02. The average Bonchev–Trinajstić information content (AvgIpc) is 3.36. The van der Waals surface area contributed by atoms with Gasteiger partial charge in [0.15, 0.2) is 0 Å². The van der Waals surface area contributed by atoms with Crippen molar-refractivity contribution in [2.45, 2.75) is 25.3 Å². The number of H-pyrrole nitrogens is 1. The molecule has 0 spiro atoms. The molecule has 3 aromatic rings. The topological polar surface area (TPSA) is 97.7 Å². The second kappa shape index (κ2) is 5.69. The molecule has 3 heterocycles. The van der Waals surface area contributed by atoms with Crippen molar-refractivity contribution in [3.8, 4) is 6.07 Å². The van der Waals surface area contributed by atoms with E-state index in [1.165, 1.54) is 0 Å². The number of carbonyl (C=O) groups is 1. The highest BCUT2D eigenvalue weighted by Crippen LogP contribution is 2.43. The van der Waals surface area contributed by atoms with E-state index in [-0.39, 0.29) is 5.91 Å². The standard InChI is InChI=1S/C19H15ClN6O/c1-26-8-10-4-14(13(20)5-12(10)18(26)27)23-19-24-16(9-2-3-9)15-11(6-21)7-22-17(15)25-19/h4-5,7,9H,2-3,8H2,1H3,(H2,22,23,24,25). The number of halogens is 1. The number of amides is 1. The Morgan fingerprint density at radius 3 is 2.93 bits per heavy atom. The van der Waals surface area contributed by atoms with E-state index in [0.29, 0.717) is 45.9 Å². The first-order chi connectivity index (χ1) is 13.0. The molecule has 0 atom stereocenters. The molecule has 1 amide bonds. The minimum absolute atomic E-state index is 0.0254. The zero-order chi connectivity index (χ0) is 18.7. The van der Waals surface area contributed by atoms with Gasteiger partial charge in [0.2, 0.25) is 5.95 Å². The van der Waals surface area contributed by atoms with Gasteiger partial charge in [0, 0.05) is 31.3 Å². The van der Waals surface area contributed by atoms with Crippen LogP contribution in [0.1, 0.15) is 45.9 Å². The molecule has 8 heteroatoms. The summed E-state index contributed by atoms with van der Waals surface area (Å²) >= 11 is 6.39. The summed E-state index contributed by atoms with van der Waals surface area (Å²) in [5.74, 6) is 0.763. The van der Waals surface area contributed by atoms with Gasteiger partial charge in [-0.3, -0.25) is 4.79 Å². The van der Waals surface area contributed by atoms with Crippen molar-refractivity contribution in [1.29, 1.82) is 5.26 Å². The smallest absolute Gasteiger partial charge is 0.254 e. The van der Waals surface area contributed by atoms with Gasteiger partial charge in [-0.2, -0.15) is 10.2 Å². The molecule has 1 saturated carbocycles. The lowest BCUT2D eigenvalue weighted by molar-refractivity contribution is 0.0816. The Hall–Kier alpha value is -3.11. The van der Waals surface area contributed by atoms with Crippen LogP contribution in [0.4, 0.5) is 11.6 Å². The van der Waals surface area contributed by atoms with E-state index in [0.717, 1.165) is 29.5 Å². The number of nitrogens with zero attached hydrogens (tertiary/aromatic N) is 4. The van der Waals surface area contributed by atoms with Crippen molar-refractivity contribution in [2.75, 3.05) is 12.4 Å². The van der Waals surface area contributed by atoms with E-state index >= 15 is 0 Å². The molecule has 1 fully saturated rings. The van der Waals surface area contributed by atoms with Gasteiger partial charge in [-0.05, 0) is 30.5 Å². The Labute approximate surface area is 160 Å². The molecule has 134 valence electrons. The van der Waals surface area contributed by atoms with Crippen molar-refractivity contribution >= 4 is 40.2 Å². The Morgan fingerprint density at radius 1 is 1.37 bits per heavy atom. The predicted octanol–water partition coefficient (Wildman–Crippen LogP) is 3.69. The van der Waals surface area contributed by atoms with Crippen LogP contribution >= 0.6 is 11.6 Å². The minimum atomic E-state index is -0.0254. The van der Waals surface area contributed by atoms with Crippen LogP contribution in [-0.4, -0.2) is 32.8 Å². The quantitative estimate of drug-likeness (QED) is 0.724. The molecule has 7 nitrogen and oxygen atoms in total. The van der Waals surface area contributed by atoms with Gasteiger partial charge in [0.05, 0.1) is 27.4 Å². The van der Waals surface area contributed by atoms with E-state index in [2.05, 4.69) is 26.3 Å². The van der Waals surface area contributed by atoms with Gasteiger partial charge in [0.25, 0.3) is 5.91 Å². The summed E-state index contributed by atoms with van der Waals surface area (Å²) in [4.78, 5) is 26.0. The van der Waals surface area contributed by atoms with Crippen molar-refractivity contribution < 1.29 is 4.79 Å². The van der Waals surface area contributed by atoms with Crippen LogP contribution in [-0.2, 0) is 6.54 Å². The lowest BCUT2D eigenvalue weighted by Crippen LogP contribution is -2.17. The van der Waals surface area contributed by atoms with Gasteiger partial charge in [-0.1, -0.05) is 11.6 Å². The lowest BCUT2D eigenvalue weighted by Gasteiger charge is -2.10. The van der Waals surface area contributed by atoms with Crippen LogP contribution in [0.15, 0.2) is 18.3 Å². The maximum absolute atomic E-state index is 12.1. The van der Waals surface area contributed by atoms with Crippen molar-refractivity contribution in [1.82, 2.24) is 19.9 Å². The SMILES string of the molecule is CN1Cc2cc(Nc3nc(C4CC4)c4c(C#N)c[nH]c4n3)c(Cl)cc2C1=O. The third-order valence-corrected chi connectivity index (χ3v) is 5.38. The fraction of sp³-hybridized carbons (Fsp3) is 0.263. The van der Waals surface area contributed by atoms with E-state index in [1.54, 1.807) is 24.2 Å². The number of aromatic amines is 1. The monoisotopic (exact) mass is 378 g/mol. The molecule has 5 rings (SSSR count). The maximum atomic E-state index is 12.1. The molecule has 0 bridgehead atoms. The molecule has 0 radical (unpaired) electrons. The highest BCUT2D eigenvalue weighted by Gasteiger charge is 2.30. The first-order valence-corrected chi connectivity index (χ1v) is 9.07. The molecule has 1 aromatic carbocycles. The predicted molar refractivity (Wildman–Crippen MR) is 101 cm³/mol. The fourth-order valence-corrected chi connectivity index (χ4v) is 3.77. The highest BCUT2D eigenvalue weighted by molar-refractivity contribution is 6.33. The van der Waals surface area contributed by atoms with Gasteiger partial charge in [0.1, 0.15) is 11.7 Å². The molecular formula is C19H15ClN6O. The number of aromatic nitrogens is 3. The number of nitrogens with one attached hydrogen (secondary N) is 2. The number of hydrogen-bond acceptors (Lipinski definition) is 5. The maximum Gasteiger partial charge on any atom is 0.254 e. The zero-order valence-corrected chi connectivity index (χ0v) is 15.3. The molecule has 1 aliphatic heterocycles. The van der Waals surface area contributed by atoms with Crippen LogP contribution in [0.3, 0.4) is 0 Å². The summed E-state index contributed by atoms with van der Waals surface area (Å²) in [6.07, 6.45) is 3.80. The molecular weight excluding hydrogens is 364 g/mol. The number of rotatable bonds is 3. The molecule has 2 N–H and O–H groups in total. The number of nitriles is 1.